The molecule has 2 aliphatic carbocycles. The van der Waals surface area contributed by atoms with Gasteiger partial charge in [-0.25, -0.2) is 9.59 Å². The lowest BCUT2D eigenvalue weighted by atomic mass is 9.80. The van der Waals surface area contributed by atoms with Gasteiger partial charge in [-0.15, -0.1) is 13.2 Å². The van der Waals surface area contributed by atoms with Gasteiger partial charge in [0.15, 0.2) is 0 Å². The number of hydrogen-bond donors (Lipinski definition) is 4. The van der Waals surface area contributed by atoms with Gasteiger partial charge in [0.05, 0.1) is 25.0 Å². The predicted octanol–water partition coefficient (Wildman–Crippen LogP) is 16.1. The Balaban J connectivity index is 0.000000297. The van der Waals surface area contributed by atoms with Gasteiger partial charge in [-0.2, -0.15) is 0 Å². The molecule has 0 aliphatic heterocycles. The fourth-order valence-corrected chi connectivity index (χ4v) is 10.9. The molecule has 0 radical (unpaired) electrons. The standard InChI is InChI=1S/C35H48N2O4.C34H46N2O4/c1-3-5-7-8-9-10-26-12-17-28(18-13-26)35(39)41-33-19-14-27(15-20-33)16-21-34(38)40-25-29(11-6-4-2)30-22-31(36)24-32(37)23-30;1-3-5-7-8-9-25-11-16-27(17-12-25)34(38)40-32-18-13-26(14-19-32)15-20-33(37)39-24-28(10-6-4-2)29-21-30(35)23-31(36)22-29/h3,14-16,19-24,26,28-29H,1,4-13,17-18,25,36-37H2,2H3;3,13-15,18-23,25,27-28H,1,4-12,16-17,24,35-36H2,2H3/b21-16+;20-15+. The van der Waals surface area contributed by atoms with Crippen LogP contribution in [0.3, 0.4) is 0 Å². The molecule has 0 spiro atoms. The maximum Gasteiger partial charge on any atom is 0.330 e. The molecule has 0 amide bonds. The molecule has 2 atom stereocenters. The molecule has 4 aromatic rings. The Labute approximate surface area is 484 Å². The number of carbonyl (C=O) groups is 4. The normalized spacial score (nSPS) is 17.8. The van der Waals surface area contributed by atoms with E-state index < -0.39 is 11.9 Å². The average Bonchev–Trinajstić information content (AvgIpc) is 3.46. The van der Waals surface area contributed by atoms with Gasteiger partial charge in [0.1, 0.15) is 11.5 Å². The fraction of sp³-hybridized carbons (Fsp3) is 0.478. The van der Waals surface area contributed by atoms with Gasteiger partial charge in [-0.1, -0.05) is 108 Å². The molecule has 2 aliphatic rings. The van der Waals surface area contributed by atoms with Crippen LogP contribution >= 0.6 is 0 Å². The van der Waals surface area contributed by atoms with Crippen LogP contribution in [0.5, 0.6) is 11.5 Å². The zero-order valence-electron chi connectivity index (χ0n) is 48.7. The number of nitrogen functional groups attached to an aromatic ring is 4. The van der Waals surface area contributed by atoms with E-state index in [1.54, 1.807) is 48.6 Å². The van der Waals surface area contributed by atoms with E-state index in [1.807, 2.05) is 60.7 Å². The van der Waals surface area contributed by atoms with Crippen LogP contribution in [0, 0.1) is 23.7 Å². The molecule has 0 bridgehead atoms. The summed E-state index contributed by atoms with van der Waals surface area (Å²) in [6, 6.07) is 25.4. The molecule has 12 nitrogen and oxygen atoms in total. The van der Waals surface area contributed by atoms with Gasteiger partial charge in [-0.3, -0.25) is 9.59 Å². The lowest BCUT2D eigenvalue weighted by molar-refractivity contribution is -0.141. The molecular formula is C69H94N4O8. The first-order chi connectivity index (χ1) is 39.2. The summed E-state index contributed by atoms with van der Waals surface area (Å²) in [4.78, 5) is 50.3. The number of hydrogen-bond acceptors (Lipinski definition) is 12. The smallest absolute Gasteiger partial charge is 0.330 e. The Morgan fingerprint density at radius 1 is 0.494 bits per heavy atom. The topological polar surface area (TPSA) is 209 Å². The summed E-state index contributed by atoms with van der Waals surface area (Å²) >= 11 is 0. The van der Waals surface area contributed by atoms with E-state index in [-0.39, 0.29) is 48.8 Å². The summed E-state index contributed by atoms with van der Waals surface area (Å²) in [7, 11) is 0. The van der Waals surface area contributed by atoms with E-state index >= 15 is 0 Å². The molecule has 2 fully saturated rings. The van der Waals surface area contributed by atoms with Gasteiger partial charge in [-0.05, 0) is 197 Å². The van der Waals surface area contributed by atoms with Crippen LogP contribution in [0.1, 0.15) is 196 Å². The number of carbonyl (C=O) groups excluding carboxylic acids is 4. The molecule has 0 heterocycles. The van der Waals surface area contributed by atoms with Crippen molar-refractivity contribution in [2.24, 2.45) is 23.7 Å². The molecule has 6 rings (SSSR count). The molecule has 0 saturated heterocycles. The number of ether oxygens (including phenoxy) is 4. The number of nitrogens with two attached hydrogens (primary N) is 4. The number of allylic oxidation sites excluding steroid dienone is 2. The monoisotopic (exact) mass is 1110 g/mol. The highest BCUT2D eigenvalue weighted by atomic mass is 16.5. The van der Waals surface area contributed by atoms with Crippen molar-refractivity contribution in [3.63, 3.8) is 0 Å². The molecule has 4 aromatic carbocycles. The van der Waals surface area contributed by atoms with Crippen LogP contribution in [0.2, 0.25) is 0 Å². The minimum Gasteiger partial charge on any atom is -0.462 e. The third-order valence-corrected chi connectivity index (χ3v) is 15.8. The third kappa shape index (κ3) is 24.7. The van der Waals surface area contributed by atoms with Crippen LogP contribution in [0.4, 0.5) is 22.7 Å². The lowest BCUT2D eigenvalue weighted by Crippen LogP contribution is -2.25. The molecule has 12 heteroatoms. The van der Waals surface area contributed by atoms with E-state index in [0.717, 1.165) is 137 Å². The second kappa shape index (κ2) is 36.3. The lowest BCUT2D eigenvalue weighted by Gasteiger charge is -2.27. The first-order valence-corrected chi connectivity index (χ1v) is 30.1. The van der Waals surface area contributed by atoms with Gasteiger partial charge >= 0.3 is 23.9 Å². The minimum absolute atomic E-state index is 0.0220. The van der Waals surface area contributed by atoms with E-state index in [9.17, 15) is 19.2 Å². The molecule has 2 saturated carbocycles. The molecular weight excluding hydrogens is 1010 g/mol. The Hall–Kier alpha value is -7.08. The highest BCUT2D eigenvalue weighted by Crippen LogP contribution is 2.35. The van der Waals surface area contributed by atoms with E-state index in [0.29, 0.717) is 34.2 Å². The summed E-state index contributed by atoms with van der Waals surface area (Å²) in [6.07, 6.45) is 35.0. The van der Waals surface area contributed by atoms with Gasteiger partial charge in [0.2, 0.25) is 0 Å². The van der Waals surface area contributed by atoms with E-state index in [4.69, 9.17) is 41.9 Å². The quantitative estimate of drug-likeness (QED) is 0.00926. The van der Waals surface area contributed by atoms with Crippen molar-refractivity contribution < 1.29 is 38.1 Å². The van der Waals surface area contributed by atoms with E-state index in [1.165, 1.54) is 57.1 Å². The van der Waals surface area contributed by atoms with Crippen molar-refractivity contribution in [1.29, 1.82) is 0 Å². The highest BCUT2D eigenvalue weighted by Gasteiger charge is 2.29. The van der Waals surface area contributed by atoms with Gasteiger partial charge < -0.3 is 41.9 Å². The number of esters is 4. The van der Waals surface area contributed by atoms with Crippen molar-refractivity contribution in [3.05, 3.63) is 145 Å². The number of unbranched alkanes of at least 4 members (excludes halogenated alkanes) is 7. The summed E-state index contributed by atoms with van der Waals surface area (Å²) in [5.41, 5.74) is 29.9. The predicted molar refractivity (Wildman–Crippen MR) is 332 cm³/mol. The number of rotatable bonds is 31. The SMILES string of the molecule is C=CCCCCC1CCC(C(=O)Oc2ccc(/C=C/C(=O)OCC(CCCC)c3cc(N)cc(N)c3)cc2)CC1.C=CCCCCCC1CCC(C(=O)Oc2ccc(/C=C/C(=O)OCC(CCCC)c3cc(N)cc(N)c3)cc2)CC1. The first-order valence-electron chi connectivity index (χ1n) is 30.1. The van der Waals surface area contributed by atoms with Crippen molar-refractivity contribution in [2.45, 2.75) is 173 Å². The van der Waals surface area contributed by atoms with Crippen molar-refractivity contribution in [1.82, 2.24) is 0 Å². The largest absolute Gasteiger partial charge is 0.462 e. The summed E-state index contributed by atoms with van der Waals surface area (Å²) in [5, 5.41) is 0. The zero-order valence-corrected chi connectivity index (χ0v) is 48.7. The maximum atomic E-state index is 12.7. The van der Waals surface area contributed by atoms with Crippen LogP contribution in [-0.4, -0.2) is 37.1 Å². The molecule has 438 valence electrons. The molecule has 0 aromatic heterocycles. The summed E-state index contributed by atoms with van der Waals surface area (Å²) < 4.78 is 22.4. The number of anilines is 4. The van der Waals surface area contributed by atoms with Gasteiger partial charge in [0, 0.05) is 46.7 Å². The van der Waals surface area contributed by atoms with Crippen LogP contribution in [-0.2, 0) is 28.7 Å². The van der Waals surface area contributed by atoms with Crippen molar-refractivity contribution in [2.75, 3.05) is 36.1 Å². The molecule has 2 unspecified atom stereocenters. The maximum absolute atomic E-state index is 12.7. The summed E-state index contributed by atoms with van der Waals surface area (Å²) in [6.45, 7) is 12.3. The highest BCUT2D eigenvalue weighted by molar-refractivity contribution is 5.88. The van der Waals surface area contributed by atoms with E-state index in [2.05, 4.69) is 27.0 Å². The third-order valence-electron chi connectivity index (χ3n) is 15.8. The Bertz CT molecular complexity index is 2570. The molecule has 81 heavy (non-hydrogen) atoms. The Kier molecular flexibility index (Phi) is 29.0. The minimum atomic E-state index is -0.412. The van der Waals surface area contributed by atoms with Crippen molar-refractivity contribution >= 4 is 58.8 Å². The second-order valence-electron chi connectivity index (χ2n) is 22.4. The zero-order chi connectivity index (χ0) is 58.2. The van der Waals surface area contributed by atoms with Crippen LogP contribution in [0.15, 0.2) is 122 Å². The average molecular weight is 1110 g/mol. The van der Waals surface area contributed by atoms with Gasteiger partial charge in [0.25, 0.3) is 0 Å². The first kappa shape index (κ1) is 64.7. The van der Waals surface area contributed by atoms with Crippen molar-refractivity contribution in [3.8, 4) is 11.5 Å². The van der Waals surface area contributed by atoms with Crippen LogP contribution < -0.4 is 32.4 Å². The Morgan fingerprint density at radius 3 is 1.21 bits per heavy atom. The number of benzene rings is 4. The summed E-state index contributed by atoms with van der Waals surface area (Å²) in [5.74, 6) is 1.44. The fourth-order valence-electron chi connectivity index (χ4n) is 10.9. The van der Waals surface area contributed by atoms with Crippen LogP contribution in [0.25, 0.3) is 12.2 Å². The molecule has 8 N–H and O–H groups in total. The second-order valence-corrected chi connectivity index (χ2v) is 22.4. The Morgan fingerprint density at radius 2 is 0.852 bits per heavy atom.